The van der Waals surface area contributed by atoms with Crippen molar-refractivity contribution in [2.45, 2.75) is 19.0 Å². The minimum atomic E-state index is -2.76. The van der Waals surface area contributed by atoms with E-state index in [0.29, 0.717) is 5.56 Å². The van der Waals surface area contributed by atoms with Crippen LogP contribution in [-0.2, 0) is 14.7 Å². The van der Waals surface area contributed by atoms with Gasteiger partial charge in [0.25, 0.3) is 0 Å². The van der Waals surface area contributed by atoms with Gasteiger partial charge >= 0.3 is 11.1 Å². The Morgan fingerprint density at radius 1 is 1.65 bits per heavy atom. The second kappa shape index (κ2) is 5.15. The molecule has 1 aromatic rings. The third-order valence-corrected chi connectivity index (χ3v) is 2.68. The molecule has 17 heavy (non-hydrogen) atoms. The number of nitriles is 1. The Balaban J connectivity index is 3.25. The van der Waals surface area contributed by atoms with Crippen molar-refractivity contribution in [3.63, 3.8) is 0 Å². The van der Waals surface area contributed by atoms with Gasteiger partial charge in [-0.3, -0.25) is 0 Å². The predicted octanol–water partition coefficient (Wildman–Crippen LogP) is 2.79. The summed E-state index contributed by atoms with van der Waals surface area (Å²) in [5.74, 6) is -1.17. The van der Waals surface area contributed by atoms with Gasteiger partial charge < -0.3 is 4.74 Å². The molecule has 0 amide bonds. The first-order valence-corrected chi connectivity index (χ1v) is 5.38. The van der Waals surface area contributed by atoms with E-state index in [-0.39, 0.29) is 17.7 Å². The van der Waals surface area contributed by atoms with Crippen LogP contribution in [0.25, 0.3) is 0 Å². The minimum absolute atomic E-state index is 0.0359. The maximum absolute atomic E-state index is 14.2. The van der Waals surface area contributed by atoms with Gasteiger partial charge in [0.2, 0.25) is 0 Å². The molecule has 0 aliphatic rings. The lowest BCUT2D eigenvalue weighted by Gasteiger charge is -2.18. The van der Waals surface area contributed by atoms with Crippen LogP contribution in [0.2, 0.25) is 0 Å². The maximum atomic E-state index is 14.2. The summed E-state index contributed by atoms with van der Waals surface area (Å²) >= 11 is 5.57. The van der Waals surface area contributed by atoms with Crippen LogP contribution in [0.1, 0.15) is 23.6 Å². The van der Waals surface area contributed by atoms with E-state index < -0.39 is 11.1 Å². The van der Waals surface area contributed by atoms with Crippen LogP contribution in [-0.4, -0.2) is 12.6 Å². The van der Waals surface area contributed by atoms with E-state index in [0.717, 1.165) is 0 Å². The van der Waals surface area contributed by atoms with Crippen LogP contribution in [0.15, 0.2) is 18.2 Å². The van der Waals surface area contributed by atoms with Gasteiger partial charge in [0.1, 0.15) is 0 Å². The van der Waals surface area contributed by atoms with Crippen molar-refractivity contribution >= 4 is 17.6 Å². The second-order valence-corrected chi connectivity index (χ2v) is 3.91. The van der Waals surface area contributed by atoms with Crippen LogP contribution >= 0.6 is 11.6 Å². The molecule has 1 rings (SSSR count). The lowest BCUT2D eigenvalue weighted by atomic mass is 9.99. The van der Waals surface area contributed by atoms with Crippen molar-refractivity contribution in [2.75, 3.05) is 6.61 Å². The normalized spacial score (nSPS) is 13.6. The monoisotopic (exact) mass is 255 g/mol. The molecule has 0 aliphatic carbocycles. The number of carbonyl (C=O) groups excluding carboxylic acids is 1. The Labute approximate surface area is 104 Å². The molecule has 0 fully saturated rings. The van der Waals surface area contributed by atoms with Crippen molar-refractivity contribution in [2.24, 2.45) is 0 Å². The molecule has 0 saturated carbocycles. The van der Waals surface area contributed by atoms with Crippen LogP contribution in [0.5, 0.6) is 0 Å². The van der Waals surface area contributed by atoms with E-state index >= 15 is 0 Å². The first-order chi connectivity index (χ1) is 7.95. The van der Waals surface area contributed by atoms with E-state index in [2.05, 4.69) is 4.74 Å². The molecule has 0 aliphatic heterocycles. The Bertz CT molecular complexity index is 480. The highest BCUT2D eigenvalue weighted by atomic mass is 35.5. The Morgan fingerprint density at radius 2 is 2.29 bits per heavy atom. The van der Waals surface area contributed by atoms with Crippen molar-refractivity contribution in [3.8, 4) is 6.07 Å². The first-order valence-electron chi connectivity index (χ1n) is 5.00. The van der Waals surface area contributed by atoms with E-state index in [4.69, 9.17) is 16.9 Å². The third kappa shape index (κ3) is 2.56. The molecule has 0 spiro atoms. The zero-order chi connectivity index (χ0) is 13.1. The summed E-state index contributed by atoms with van der Waals surface area (Å²) in [4.78, 5) is 11.4. The summed E-state index contributed by atoms with van der Waals surface area (Å²) in [6.45, 7) is 3.13. The molecule has 5 heteroatoms. The fraction of sp³-hybridized carbons (Fsp3) is 0.333. The molecule has 0 radical (unpaired) electrons. The molecular weight excluding hydrogens is 245 g/mol. The number of ether oxygens (including phenoxy) is 1. The maximum Gasteiger partial charge on any atom is 0.364 e. The molecule has 1 unspecified atom stereocenters. The SMILES string of the molecule is CCOC(=O)C(F)(Cl)c1cccc(C#N)c1C. The quantitative estimate of drug-likeness (QED) is 0.616. The van der Waals surface area contributed by atoms with E-state index in [9.17, 15) is 9.18 Å². The number of rotatable bonds is 3. The molecular formula is C12H11ClFNO2. The summed E-state index contributed by atoms with van der Waals surface area (Å²) in [6, 6.07) is 6.26. The van der Waals surface area contributed by atoms with Gasteiger partial charge in [-0.25, -0.2) is 9.18 Å². The zero-order valence-corrected chi connectivity index (χ0v) is 10.2. The van der Waals surface area contributed by atoms with Crippen molar-refractivity contribution in [1.82, 2.24) is 0 Å². The minimum Gasteiger partial charge on any atom is -0.462 e. The molecule has 0 heterocycles. The molecule has 3 nitrogen and oxygen atoms in total. The largest absolute Gasteiger partial charge is 0.462 e. The van der Waals surface area contributed by atoms with Crippen molar-refractivity contribution < 1.29 is 13.9 Å². The highest BCUT2D eigenvalue weighted by Gasteiger charge is 2.41. The number of alkyl halides is 2. The van der Waals surface area contributed by atoms with Gasteiger partial charge in [-0.2, -0.15) is 5.26 Å². The number of hydrogen-bond acceptors (Lipinski definition) is 3. The molecule has 0 aromatic heterocycles. The fourth-order valence-electron chi connectivity index (χ4n) is 1.43. The predicted molar refractivity (Wildman–Crippen MR) is 61.2 cm³/mol. The molecule has 90 valence electrons. The number of benzene rings is 1. The van der Waals surface area contributed by atoms with Crippen LogP contribution in [0.4, 0.5) is 4.39 Å². The van der Waals surface area contributed by atoms with Crippen molar-refractivity contribution in [1.29, 1.82) is 5.26 Å². The Kier molecular flexibility index (Phi) is 4.08. The smallest absolute Gasteiger partial charge is 0.364 e. The van der Waals surface area contributed by atoms with Gasteiger partial charge in [-0.05, 0) is 25.5 Å². The van der Waals surface area contributed by atoms with Gasteiger partial charge in [0.15, 0.2) is 0 Å². The average molecular weight is 256 g/mol. The number of halogens is 2. The van der Waals surface area contributed by atoms with E-state index in [1.165, 1.54) is 25.1 Å². The van der Waals surface area contributed by atoms with Gasteiger partial charge in [-0.15, -0.1) is 0 Å². The lowest BCUT2D eigenvalue weighted by Crippen LogP contribution is -2.28. The van der Waals surface area contributed by atoms with Crippen LogP contribution in [0, 0.1) is 18.3 Å². The number of nitrogens with zero attached hydrogens (tertiary/aromatic N) is 1. The standard InChI is InChI=1S/C12H11ClFNO2/c1-3-17-11(16)12(13,14)10-6-4-5-9(7-15)8(10)2/h4-6H,3H2,1-2H3. The van der Waals surface area contributed by atoms with Gasteiger partial charge in [0.05, 0.1) is 18.2 Å². The average Bonchev–Trinajstić information content (AvgIpc) is 2.29. The highest BCUT2D eigenvalue weighted by molar-refractivity contribution is 6.32. The number of carbonyl (C=O) groups is 1. The molecule has 0 N–H and O–H groups in total. The summed E-state index contributed by atoms with van der Waals surface area (Å²) in [5.41, 5.74) is 0.548. The van der Waals surface area contributed by atoms with E-state index in [1.54, 1.807) is 6.92 Å². The van der Waals surface area contributed by atoms with E-state index in [1.807, 2.05) is 6.07 Å². The lowest BCUT2D eigenvalue weighted by molar-refractivity contribution is -0.152. The molecule has 0 bridgehead atoms. The molecule has 0 saturated heterocycles. The fourth-order valence-corrected chi connectivity index (χ4v) is 1.69. The summed E-state index contributed by atoms with van der Waals surface area (Å²) in [5, 5.41) is 6.06. The first kappa shape index (κ1) is 13.5. The topological polar surface area (TPSA) is 50.1 Å². The van der Waals surface area contributed by atoms with Crippen molar-refractivity contribution in [3.05, 3.63) is 34.9 Å². The molecule has 1 atom stereocenters. The zero-order valence-electron chi connectivity index (χ0n) is 9.46. The highest BCUT2D eigenvalue weighted by Crippen LogP contribution is 2.35. The summed E-state index contributed by atoms with van der Waals surface area (Å²) in [6.07, 6.45) is 0. The molecule has 1 aromatic carbocycles. The Hall–Kier alpha value is -1.60. The second-order valence-electron chi connectivity index (χ2n) is 3.38. The number of hydrogen-bond donors (Lipinski definition) is 0. The van der Waals surface area contributed by atoms with Gasteiger partial charge in [-0.1, -0.05) is 23.7 Å². The van der Waals surface area contributed by atoms with Crippen LogP contribution < -0.4 is 0 Å². The summed E-state index contributed by atoms with van der Waals surface area (Å²) in [7, 11) is 0. The third-order valence-electron chi connectivity index (χ3n) is 2.32. The summed E-state index contributed by atoms with van der Waals surface area (Å²) < 4.78 is 18.7. The van der Waals surface area contributed by atoms with Crippen LogP contribution in [0.3, 0.4) is 0 Å². The Morgan fingerprint density at radius 3 is 2.82 bits per heavy atom. The van der Waals surface area contributed by atoms with Gasteiger partial charge in [0, 0.05) is 5.56 Å². The number of esters is 1.